The number of carbonyl (C=O) groups excluding carboxylic acids is 3. The van der Waals surface area contributed by atoms with Gasteiger partial charge in [0, 0.05) is 68.1 Å². The van der Waals surface area contributed by atoms with E-state index >= 15 is 0 Å². The second kappa shape index (κ2) is 14.4. The summed E-state index contributed by atoms with van der Waals surface area (Å²) in [5, 5.41) is 21.6. The number of hydrogen-bond acceptors (Lipinski definition) is 10. The molecule has 16 heteroatoms. The summed E-state index contributed by atoms with van der Waals surface area (Å²) >= 11 is 0. The Bertz CT molecular complexity index is 2190. The van der Waals surface area contributed by atoms with Gasteiger partial charge in [0.15, 0.2) is 11.5 Å². The van der Waals surface area contributed by atoms with Crippen LogP contribution < -0.4 is 20.9 Å². The number of nitrogens with one attached hydrogen (secondary N) is 3. The minimum Gasteiger partial charge on any atom is -0.364 e. The predicted octanol–water partition coefficient (Wildman–Crippen LogP) is 4.25. The molecule has 2 saturated heterocycles. The molecule has 2 aliphatic carbocycles. The predicted molar refractivity (Wildman–Crippen MR) is 214 cm³/mol. The number of para-hydroxylation sites is 1. The average Bonchev–Trinajstić information content (AvgIpc) is 4.09. The molecule has 3 aliphatic heterocycles. The molecule has 0 bridgehead atoms. The summed E-state index contributed by atoms with van der Waals surface area (Å²) in [7, 11) is 15.7. The smallest absolute Gasteiger partial charge is 0.274 e. The normalized spacial score (nSPS) is 19.6. The van der Waals surface area contributed by atoms with Crippen LogP contribution in [0.5, 0.6) is 0 Å². The molecule has 284 valence electrons. The van der Waals surface area contributed by atoms with Crippen LogP contribution in [-0.4, -0.2) is 107 Å². The minimum absolute atomic E-state index is 0.000880. The Kier molecular flexibility index (Phi) is 9.34. The number of likely N-dealkylation sites (tertiary alicyclic amines) is 2. The molecule has 0 spiro atoms. The lowest BCUT2D eigenvalue weighted by atomic mass is 9.57. The number of nitrogens with zero attached hydrogens (tertiary/aromatic N) is 8. The van der Waals surface area contributed by atoms with Crippen LogP contribution in [0.25, 0.3) is 11.1 Å². The number of amides is 3. The van der Waals surface area contributed by atoms with Crippen molar-refractivity contribution in [2.24, 2.45) is 5.92 Å². The molecule has 9 rings (SSSR count). The molecule has 56 heavy (non-hydrogen) atoms. The number of pyridine rings is 1. The molecule has 5 aliphatic rings. The van der Waals surface area contributed by atoms with Gasteiger partial charge in [-0.05, 0) is 68.5 Å². The number of rotatable bonds is 12. The lowest BCUT2D eigenvalue weighted by Crippen LogP contribution is -2.60. The zero-order valence-corrected chi connectivity index (χ0v) is 31.9. The maximum Gasteiger partial charge on any atom is 0.274 e. The van der Waals surface area contributed by atoms with Gasteiger partial charge in [0.25, 0.3) is 11.8 Å². The zero-order valence-electron chi connectivity index (χ0n) is 31.9. The van der Waals surface area contributed by atoms with Gasteiger partial charge in [0.05, 0.1) is 56.7 Å². The molecular weight excluding hydrogens is 704 g/mol. The summed E-state index contributed by atoms with van der Waals surface area (Å²) in [6, 6.07) is 13.2. The fourth-order valence-corrected chi connectivity index (χ4v) is 8.24. The quantitative estimate of drug-likeness (QED) is 0.179. The standard InChI is InChI=1S/C40H45B2N11O3/c1-3-8-31-36-27(20-43-53(36)25-21-52(22-25)40(41,42)32-12-7-11-29(46-32)39(56)51-17-4-5-18-51)26-9-6-10-28(35(26)50(31)2)45-30-19-33(47-37(54)23-13-14-23)48-49-34(30)38(55)44-24-15-16-24/h6-7,9-12,19-20,23-25,31H,3-5,8,13-18,21-22H2,1-2H3,(H,44,55)(H2,45,47,48,54). The Morgan fingerprint density at radius 3 is 2.45 bits per heavy atom. The van der Waals surface area contributed by atoms with Crippen LogP contribution in [0, 0.1) is 5.92 Å². The van der Waals surface area contributed by atoms with Crippen molar-refractivity contribution < 1.29 is 14.4 Å². The molecule has 3 N–H and O–H groups in total. The second-order valence-electron chi connectivity index (χ2n) is 15.9. The van der Waals surface area contributed by atoms with E-state index in [1.165, 1.54) is 0 Å². The maximum atomic E-state index is 13.4. The summed E-state index contributed by atoms with van der Waals surface area (Å²) in [4.78, 5) is 49.8. The number of fused-ring (bicyclic) bond motifs is 3. The molecule has 1 unspecified atom stereocenters. The molecule has 1 aromatic carbocycles. The molecule has 4 fully saturated rings. The summed E-state index contributed by atoms with van der Waals surface area (Å²) in [6.07, 6.45) is 9.36. The van der Waals surface area contributed by atoms with Crippen LogP contribution in [0.1, 0.15) is 103 Å². The Morgan fingerprint density at radius 2 is 1.71 bits per heavy atom. The van der Waals surface area contributed by atoms with Crippen LogP contribution in [0.15, 0.2) is 48.7 Å². The maximum absolute atomic E-state index is 13.4. The summed E-state index contributed by atoms with van der Waals surface area (Å²) in [6.45, 7) is 4.78. The molecule has 4 radical (unpaired) electrons. The third-order valence-corrected chi connectivity index (χ3v) is 11.8. The zero-order chi connectivity index (χ0) is 38.7. The lowest BCUT2D eigenvalue weighted by Gasteiger charge is -2.50. The van der Waals surface area contributed by atoms with Crippen molar-refractivity contribution in [1.82, 2.24) is 40.1 Å². The Hall–Kier alpha value is -5.24. The van der Waals surface area contributed by atoms with Crippen LogP contribution in [0.4, 0.5) is 22.9 Å². The van der Waals surface area contributed by atoms with E-state index in [1.807, 2.05) is 28.1 Å². The molecule has 2 saturated carbocycles. The third kappa shape index (κ3) is 6.71. The molecule has 1 atom stereocenters. The van der Waals surface area contributed by atoms with E-state index in [9.17, 15) is 14.4 Å². The highest BCUT2D eigenvalue weighted by Gasteiger charge is 2.43. The topological polar surface area (TPSA) is 154 Å². The molecule has 3 amide bonds. The number of benzene rings is 1. The van der Waals surface area contributed by atoms with Crippen molar-refractivity contribution >= 4 is 56.3 Å². The molecule has 14 nitrogen and oxygen atoms in total. The first-order valence-electron chi connectivity index (χ1n) is 19.9. The van der Waals surface area contributed by atoms with Gasteiger partial charge < -0.3 is 30.7 Å². The van der Waals surface area contributed by atoms with Gasteiger partial charge in [-0.15, -0.1) is 10.2 Å². The van der Waals surface area contributed by atoms with Crippen LogP contribution in [0.2, 0.25) is 0 Å². The van der Waals surface area contributed by atoms with E-state index < -0.39 is 5.34 Å². The van der Waals surface area contributed by atoms with E-state index in [-0.39, 0.29) is 47.5 Å². The minimum atomic E-state index is -1.37. The summed E-state index contributed by atoms with van der Waals surface area (Å²) in [5.41, 5.74) is 6.38. The molecule has 3 aromatic heterocycles. The molecule has 4 aromatic rings. The van der Waals surface area contributed by atoms with Gasteiger partial charge in [-0.1, -0.05) is 31.5 Å². The van der Waals surface area contributed by atoms with Crippen LogP contribution in [-0.2, 0) is 10.1 Å². The fraction of sp³-hybridized carbons (Fsp3) is 0.475. The van der Waals surface area contributed by atoms with Crippen molar-refractivity contribution in [2.75, 3.05) is 48.8 Å². The van der Waals surface area contributed by atoms with Crippen LogP contribution in [0.3, 0.4) is 0 Å². The van der Waals surface area contributed by atoms with Gasteiger partial charge in [0.1, 0.15) is 5.69 Å². The van der Waals surface area contributed by atoms with E-state index in [0.717, 1.165) is 92.7 Å². The largest absolute Gasteiger partial charge is 0.364 e. The molecule has 6 heterocycles. The Labute approximate surface area is 329 Å². The van der Waals surface area contributed by atoms with Gasteiger partial charge in [-0.25, -0.2) is 4.98 Å². The highest BCUT2D eigenvalue weighted by molar-refractivity contribution is 6.39. The highest BCUT2D eigenvalue weighted by atomic mass is 16.2. The van der Waals surface area contributed by atoms with E-state index in [2.05, 4.69) is 60.8 Å². The van der Waals surface area contributed by atoms with E-state index in [4.69, 9.17) is 20.8 Å². The summed E-state index contributed by atoms with van der Waals surface area (Å²) < 4.78 is 2.13. The van der Waals surface area contributed by atoms with E-state index in [1.54, 1.807) is 24.3 Å². The van der Waals surface area contributed by atoms with E-state index in [0.29, 0.717) is 36.0 Å². The van der Waals surface area contributed by atoms with Crippen molar-refractivity contribution in [3.05, 3.63) is 71.4 Å². The average molecular weight is 749 g/mol. The first-order valence-corrected chi connectivity index (χ1v) is 19.9. The number of hydrogen-bond donors (Lipinski definition) is 3. The Balaban J connectivity index is 0.992. The van der Waals surface area contributed by atoms with Crippen molar-refractivity contribution in [2.45, 2.75) is 81.8 Å². The first kappa shape index (κ1) is 36.4. The number of aromatic nitrogens is 5. The fourth-order valence-electron chi connectivity index (χ4n) is 8.24. The van der Waals surface area contributed by atoms with Gasteiger partial charge in [-0.3, -0.25) is 19.1 Å². The SMILES string of the molecule is [B]C([B])(c1cccc(C(=O)N2CCCC2)n1)N1CC(n2ncc3c2C(CCC)N(C)c2c(Nc4cc(NC(=O)C5CC5)nnc4C(=O)NC4CC4)cccc2-3)C1. The van der Waals surface area contributed by atoms with Crippen molar-refractivity contribution in [3.63, 3.8) is 0 Å². The second-order valence-corrected chi connectivity index (χ2v) is 15.9. The lowest BCUT2D eigenvalue weighted by molar-refractivity contribution is -0.117. The molecular formula is C40H45B2N11O3. The van der Waals surface area contributed by atoms with Crippen LogP contribution >= 0.6 is 0 Å². The van der Waals surface area contributed by atoms with Crippen molar-refractivity contribution in [3.8, 4) is 11.1 Å². The first-order chi connectivity index (χ1) is 27.1. The van der Waals surface area contributed by atoms with Gasteiger partial charge in [0.2, 0.25) is 5.91 Å². The monoisotopic (exact) mass is 749 g/mol. The van der Waals surface area contributed by atoms with Crippen molar-refractivity contribution in [1.29, 1.82) is 0 Å². The van der Waals surface area contributed by atoms with Gasteiger partial charge in [-0.2, -0.15) is 5.10 Å². The number of anilines is 4. The third-order valence-electron chi connectivity index (χ3n) is 11.8. The summed E-state index contributed by atoms with van der Waals surface area (Å²) in [5.74, 6) is -0.189. The Morgan fingerprint density at radius 1 is 0.946 bits per heavy atom. The highest BCUT2D eigenvalue weighted by Crippen LogP contribution is 2.50. The van der Waals surface area contributed by atoms with Gasteiger partial charge >= 0.3 is 0 Å². The number of carbonyl (C=O) groups is 3.